The van der Waals surface area contributed by atoms with Crippen molar-refractivity contribution >= 4 is 17.4 Å². The summed E-state index contributed by atoms with van der Waals surface area (Å²) >= 11 is 5.70. The van der Waals surface area contributed by atoms with Crippen LogP contribution in [0.4, 0.5) is 5.82 Å². The van der Waals surface area contributed by atoms with E-state index >= 15 is 0 Å². The second-order valence-corrected chi connectivity index (χ2v) is 2.77. The van der Waals surface area contributed by atoms with Crippen molar-refractivity contribution in [2.24, 2.45) is 0 Å². The van der Waals surface area contributed by atoms with Crippen LogP contribution in [0.1, 0.15) is 0 Å². The van der Waals surface area contributed by atoms with Gasteiger partial charge in [0.25, 0.3) is 0 Å². The first-order valence-electron chi connectivity index (χ1n) is 3.54. The van der Waals surface area contributed by atoms with Crippen LogP contribution in [0.25, 0.3) is 5.95 Å². The molecule has 6 heteroatoms. The Kier molecular flexibility index (Phi) is 1.86. The Morgan fingerprint density at radius 2 is 2.23 bits per heavy atom. The van der Waals surface area contributed by atoms with Crippen molar-refractivity contribution < 1.29 is 0 Å². The van der Waals surface area contributed by atoms with E-state index in [0.29, 0.717) is 16.9 Å². The van der Waals surface area contributed by atoms with Crippen molar-refractivity contribution in [3.05, 3.63) is 29.9 Å². The summed E-state index contributed by atoms with van der Waals surface area (Å²) in [6.45, 7) is 0. The number of hydrogen-bond acceptors (Lipinski definition) is 4. The highest BCUT2D eigenvalue weighted by atomic mass is 35.5. The molecule has 2 heterocycles. The molecule has 0 bridgehead atoms. The zero-order valence-electron chi connectivity index (χ0n) is 6.55. The number of halogens is 1. The van der Waals surface area contributed by atoms with Gasteiger partial charge in [-0.15, -0.1) is 0 Å². The summed E-state index contributed by atoms with van der Waals surface area (Å²) in [5.41, 5.74) is 5.50. The summed E-state index contributed by atoms with van der Waals surface area (Å²) in [5, 5.41) is 0.316. The smallest absolute Gasteiger partial charge is 0.238 e. The fourth-order valence-electron chi connectivity index (χ4n) is 0.915. The highest BCUT2D eigenvalue weighted by molar-refractivity contribution is 6.29. The zero-order chi connectivity index (χ0) is 9.26. The molecule has 0 aliphatic heterocycles. The second kappa shape index (κ2) is 3.02. The van der Waals surface area contributed by atoms with Crippen LogP contribution in [-0.4, -0.2) is 19.5 Å². The van der Waals surface area contributed by atoms with Crippen LogP contribution in [0, 0.1) is 0 Å². The summed E-state index contributed by atoms with van der Waals surface area (Å²) in [4.78, 5) is 11.8. The first-order valence-corrected chi connectivity index (χ1v) is 3.92. The van der Waals surface area contributed by atoms with Crippen LogP contribution in [-0.2, 0) is 0 Å². The summed E-state index contributed by atoms with van der Waals surface area (Å²) in [7, 11) is 0. The summed E-state index contributed by atoms with van der Waals surface area (Å²) in [5.74, 6) is 0.756. The maximum absolute atomic E-state index is 5.70. The SMILES string of the molecule is Nc1cc(Cl)nc(-n2ccnc2)n1. The normalized spacial score (nSPS) is 10.2. The van der Waals surface area contributed by atoms with E-state index in [2.05, 4.69) is 15.0 Å². The average Bonchev–Trinajstić information content (AvgIpc) is 2.53. The third-order valence-electron chi connectivity index (χ3n) is 1.44. The fraction of sp³-hybridized carbons (Fsp3) is 0. The molecule has 0 aliphatic carbocycles. The minimum atomic E-state index is 0.316. The number of aromatic nitrogens is 4. The molecule has 66 valence electrons. The van der Waals surface area contributed by atoms with Crippen LogP contribution in [0.5, 0.6) is 0 Å². The molecule has 5 nitrogen and oxygen atoms in total. The van der Waals surface area contributed by atoms with E-state index in [9.17, 15) is 0 Å². The predicted octanol–water partition coefficient (Wildman–Crippen LogP) is 0.898. The maximum Gasteiger partial charge on any atom is 0.238 e. The lowest BCUT2D eigenvalue weighted by Gasteiger charge is -2.00. The van der Waals surface area contributed by atoms with Gasteiger partial charge in [0.1, 0.15) is 17.3 Å². The van der Waals surface area contributed by atoms with Crippen LogP contribution in [0.15, 0.2) is 24.8 Å². The monoisotopic (exact) mass is 195 g/mol. The van der Waals surface area contributed by atoms with Crippen LogP contribution >= 0.6 is 11.6 Å². The van der Waals surface area contributed by atoms with Crippen LogP contribution < -0.4 is 5.73 Å². The van der Waals surface area contributed by atoms with E-state index in [0.717, 1.165) is 0 Å². The molecule has 0 unspecified atom stereocenters. The van der Waals surface area contributed by atoms with E-state index in [1.807, 2.05) is 0 Å². The third-order valence-corrected chi connectivity index (χ3v) is 1.63. The van der Waals surface area contributed by atoms with Crippen molar-refractivity contribution in [3.8, 4) is 5.95 Å². The minimum absolute atomic E-state index is 0.316. The summed E-state index contributed by atoms with van der Waals surface area (Å²) in [6.07, 6.45) is 4.91. The Bertz CT molecular complexity index is 391. The van der Waals surface area contributed by atoms with E-state index in [1.165, 1.54) is 6.07 Å². The van der Waals surface area contributed by atoms with Gasteiger partial charge in [-0.3, -0.25) is 4.57 Å². The molecule has 0 amide bonds. The molecule has 0 saturated carbocycles. The number of nitrogens with zero attached hydrogens (tertiary/aromatic N) is 4. The molecule has 0 spiro atoms. The molecule has 0 fully saturated rings. The number of hydrogen-bond donors (Lipinski definition) is 1. The Balaban J connectivity index is 2.53. The van der Waals surface area contributed by atoms with Gasteiger partial charge in [0.05, 0.1) is 0 Å². The van der Waals surface area contributed by atoms with Crippen molar-refractivity contribution in [2.75, 3.05) is 5.73 Å². The molecule has 0 atom stereocenters. The molecule has 13 heavy (non-hydrogen) atoms. The first-order chi connectivity index (χ1) is 6.25. The Morgan fingerprint density at radius 1 is 1.38 bits per heavy atom. The molecule has 2 aromatic heterocycles. The largest absolute Gasteiger partial charge is 0.383 e. The van der Waals surface area contributed by atoms with Gasteiger partial charge in [0.15, 0.2) is 0 Å². The van der Waals surface area contributed by atoms with Gasteiger partial charge in [-0.2, -0.15) is 4.98 Å². The van der Waals surface area contributed by atoms with Crippen LogP contribution in [0.3, 0.4) is 0 Å². The highest BCUT2D eigenvalue weighted by Gasteiger charge is 2.01. The molecule has 0 saturated heterocycles. The highest BCUT2D eigenvalue weighted by Crippen LogP contribution is 2.10. The molecule has 0 aromatic carbocycles. The van der Waals surface area contributed by atoms with Crippen molar-refractivity contribution in [3.63, 3.8) is 0 Å². The molecule has 2 rings (SSSR count). The van der Waals surface area contributed by atoms with Gasteiger partial charge in [-0.25, -0.2) is 9.97 Å². The van der Waals surface area contributed by atoms with Crippen LogP contribution in [0.2, 0.25) is 5.15 Å². The summed E-state index contributed by atoms with van der Waals surface area (Å²) in [6, 6.07) is 1.49. The molecule has 0 radical (unpaired) electrons. The van der Waals surface area contributed by atoms with Gasteiger partial charge in [-0.1, -0.05) is 11.6 Å². The molecule has 2 N–H and O–H groups in total. The Morgan fingerprint density at radius 3 is 2.85 bits per heavy atom. The van der Waals surface area contributed by atoms with E-state index in [1.54, 1.807) is 23.3 Å². The fourth-order valence-corrected chi connectivity index (χ4v) is 1.10. The molecule has 0 aliphatic rings. The van der Waals surface area contributed by atoms with Crippen molar-refractivity contribution in [1.82, 2.24) is 19.5 Å². The lowest BCUT2D eigenvalue weighted by Crippen LogP contribution is -2.01. The molecular weight excluding hydrogens is 190 g/mol. The van der Waals surface area contributed by atoms with Gasteiger partial charge in [0.2, 0.25) is 5.95 Å². The average molecular weight is 196 g/mol. The second-order valence-electron chi connectivity index (χ2n) is 2.39. The Hall–Kier alpha value is -1.62. The zero-order valence-corrected chi connectivity index (χ0v) is 7.31. The van der Waals surface area contributed by atoms with Gasteiger partial charge >= 0.3 is 0 Å². The van der Waals surface area contributed by atoms with E-state index in [-0.39, 0.29) is 0 Å². The van der Waals surface area contributed by atoms with Gasteiger partial charge in [-0.05, 0) is 0 Å². The first kappa shape index (κ1) is 8.00. The van der Waals surface area contributed by atoms with Crippen molar-refractivity contribution in [1.29, 1.82) is 0 Å². The molecular formula is C7H6ClN5. The quantitative estimate of drug-likeness (QED) is 0.687. The maximum atomic E-state index is 5.70. The topological polar surface area (TPSA) is 69.6 Å². The lowest BCUT2D eigenvalue weighted by atomic mass is 10.6. The minimum Gasteiger partial charge on any atom is -0.383 e. The van der Waals surface area contributed by atoms with Gasteiger partial charge < -0.3 is 5.73 Å². The predicted molar refractivity (Wildman–Crippen MR) is 48.6 cm³/mol. The lowest BCUT2D eigenvalue weighted by molar-refractivity contribution is 0.930. The number of nitrogens with two attached hydrogens (primary N) is 1. The molecule has 2 aromatic rings. The number of rotatable bonds is 1. The van der Waals surface area contributed by atoms with E-state index < -0.39 is 0 Å². The number of nitrogen functional groups attached to an aromatic ring is 1. The Labute approximate surface area is 79.2 Å². The van der Waals surface area contributed by atoms with Gasteiger partial charge in [0, 0.05) is 18.5 Å². The number of anilines is 1. The van der Waals surface area contributed by atoms with Crippen molar-refractivity contribution in [2.45, 2.75) is 0 Å². The third kappa shape index (κ3) is 1.59. The number of imidazole rings is 1. The van der Waals surface area contributed by atoms with E-state index in [4.69, 9.17) is 17.3 Å². The standard InChI is InChI=1S/C7H6ClN5/c8-5-3-6(9)12-7(11-5)13-2-1-10-4-13/h1-4H,(H2,9,11,12). The summed E-state index contributed by atoms with van der Waals surface area (Å²) < 4.78 is 1.63.